The number of non-ortho nitro benzene ring substituents is 2. The van der Waals surface area contributed by atoms with Gasteiger partial charge in [-0.1, -0.05) is 20.8 Å². The van der Waals surface area contributed by atoms with Crippen LogP contribution in [0.2, 0.25) is 0 Å². The molecular formula is C22H18N4O10. The van der Waals surface area contributed by atoms with Gasteiger partial charge in [0.05, 0.1) is 31.8 Å². The molecule has 0 aliphatic carbocycles. The summed E-state index contributed by atoms with van der Waals surface area (Å²) in [5.41, 5.74) is -2.27. The van der Waals surface area contributed by atoms with E-state index in [1.165, 1.54) is 18.2 Å². The number of benzene rings is 3. The minimum absolute atomic E-state index is 0.141. The van der Waals surface area contributed by atoms with Crippen molar-refractivity contribution in [2.24, 2.45) is 0 Å². The molecule has 0 aliphatic rings. The molecule has 186 valence electrons. The third kappa shape index (κ3) is 5.49. The lowest BCUT2D eigenvalue weighted by molar-refractivity contribution is -0.394. The third-order valence-electron chi connectivity index (χ3n) is 4.91. The third-order valence-corrected chi connectivity index (χ3v) is 4.91. The van der Waals surface area contributed by atoms with Gasteiger partial charge in [-0.25, -0.2) is 0 Å². The lowest BCUT2D eigenvalue weighted by Gasteiger charge is -2.23. The number of hydrogen-bond acceptors (Lipinski definition) is 10. The van der Waals surface area contributed by atoms with E-state index in [9.17, 15) is 40.5 Å². The molecule has 0 saturated heterocycles. The van der Waals surface area contributed by atoms with Gasteiger partial charge in [0.2, 0.25) is 11.5 Å². The summed E-state index contributed by atoms with van der Waals surface area (Å²) in [6, 6.07) is 10.3. The van der Waals surface area contributed by atoms with Gasteiger partial charge in [0, 0.05) is 17.7 Å². The van der Waals surface area contributed by atoms with Crippen LogP contribution in [0.5, 0.6) is 23.0 Å². The van der Waals surface area contributed by atoms with E-state index in [-0.39, 0.29) is 23.0 Å². The average molecular weight is 498 g/mol. The first-order valence-electron chi connectivity index (χ1n) is 10.1. The topological polar surface area (TPSA) is 191 Å². The Bertz CT molecular complexity index is 1400. The SMILES string of the molecule is CC(C)(C)c1cc(Oc2ccc([N+](=O)[O-])cc2[N+](=O)[O-])ccc1Oc1ccc([N+](=O)[O-])cc1[N+](=O)[O-]. The normalized spacial score (nSPS) is 11.0. The van der Waals surface area contributed by atoms with Gasteiger partial charge in [-0.15, -0.1) is 0 Å². The van der Waals surface area contributed by atoms with Crippen LogP contribution in [0, 0.1) is 40.5 Å². The Balaban J connectivity index is 2.03. The first-order valence-corrected chi connectivity index (χ1v) is 10.1. The van der Waals surface area contributed by atoms with Crippen molar-refractivity contribution < 1.29 is 29.2 Å². The number of rotatable bonds is 8. The summed E-state index contributed by atoms with van der Waals surface area (Å²) >= 11 is 0. The largest absolute Gasteiger partial charge is 0.450 e. The molecule has 0 fully saturated rings. The molecule has 36 heavy (non-hydrogen) atoms. The monoisotopic (exact) mass is 498 g/mol. The fourth-order valence-electron chi connectivity index (χ4n) is 3.19. The highest BCUT2D eigenvalue weighted by Gasteiger charge is 2.26. The number of hydrogen-bond donors (Lipinski definition) is 0. The summed E-state index contributed by atoms with van der Waals surface area (Å²) in [7, 11) is 0. The van der Waals surface area contributed by atoms with Crippen molar-refractivity contribution in [3.63, 3.8) is 0 Å². The molecule has 0 N–H and O–H groups in total. The average Bonchev–Trinajstić information content (AvgIpc) is 2.79. The second kappa shape index (κ2) is 9.61. The lowest BCUT2D eigenvalue weighted by atomic mass is 9.86. The molecule has 0 bridgehead atoms. The molecule has 0 spiro atoms. The Kier molecular flexibility index (Phi) is 6.81. The van der Waals surface area contributed by atoms with Gasteiger partial charge < -0.3 is 9.47 Å². The highest BCUT2D eigenvalue weighted by atomic mass is 16.6. The molecule has 0 amide bonds. The molecule has 14 nitrogen and oxygen atoms in total. The van der Waals surface area contributed by atoms with E-state index in [1.807, 2.05) is 20.8 Å². The van der Waals surface area contributed by atoms with Crippen LogP contribution in [0.25, 0.3) is 0 Å². The van der Waals surface area contributed by atoms with Crippen LogP contribution >= 0.6 is 0 Å². The van der Waals surface area contributed by atoms with Crippen LogP contribution in [0.15, 0.2) is 54.6 Å². The van der Waals surface area contributed by atoms with E-state index < -0.39 is 47.9 Å². The Morgan fingerprint density at radius 1 is 0.583 bits per heavy atom. The number of ether oxygens (including phenoxy) is 2. The fraction of sp³-hybridized carbons (Fsp3) is 0.182. The van der Waals surface area contributed by atoms with Crippen LogP contribution in [0.4, 0.5) is 22.7 Å². The van der Waals surface area contributed by atoms with Crippen LogP contribution in [-0.2, 0) is 5.41 Å². The fourth-order valence-corrected chi connectivity index (χ4v) is 3.19. The van der Waals surface area contributed by atoms with Crippen molar-refractivity contribution in [2.45, 2.75) is 26.2 Å². The predicted octanol–water partition coefficient (Wildman–Crippen LogP) is 6.20. The van der Waals surface area contributed by atoms with Crippen LogP contribution in [0.3, 0.4) is 0 Å². The Morgan fingerprint density at radius 2 is 1.03 bits per heavy atom. The van der Waals surface area contributed by atoms with Crippen molar-refractivity contribution in [3.05, 3.63) is 101 Å². The van der Waals surface area contributed by atoms with Gasteiger partial charge in [0.15, 0.2) is 0 Å². The molecule has 0 saturated carbocycles. The van der Waals surface area contributed by atoms with E-state index >= 15 is 0 Å². The van der Waals surface area contributed by atoms with Crippen molar-refractivity contribution in [1.29, 1.82) is 0 Å². The van der Waals surface area contributed by atoms with Gasteiger partial charge >= 0.3 is 11.4 Å². The zero-order valence-electron chi connectivity index (χ0n) is 19.1. The standard InChI is InChI=1S/C22H18N4O10/c1-22(2,3)16-12-15(35-20-7-4-13(23(27)28)10-17(20)25(31)32)6-9-19(16)36-21-8-5-14(24(29)30)11-18(21)26(33)34/h4-12H,1-3H3. The number of nitrogens with zero attached hydrogens (tertiary/aromatic N) is 4. The highest BCUT2D eigenvalue weighted by molar-refractivity contribution is 5.58. The highest BCUT2D eigenvalue weighted by Crippen LogP contribution is 2.42. The summed E-state index contributed by atoms with van der Waals surface area (Å²) in [5, 5.41) is 44.8. The summed E-state index contributed by atoms with van der Waals surface area (Å²) in [4.78, 5) is 41.7. The quantitative estimate of drug-likeness (QED) is 0.255. The Hall–Kier alpha value is -5.14. The zero-order chi connectivity index (χ0) is 26.8. The van der Waals surface area contributed by atoms with Gasteiger partial charge in [-0.3, -0.25) is 40.5 Å². The molecule has 14 heteroatoms. The Labute approximate surface area is 202 Å². The number of nitro benzene ring substituents is 4. The molecule has 3 rings (SSSR count). The van der Waals surface area contributed by atoms with E-state index in [4.69, 9.17) is 9.47 Å². The van der Waals surface area contributed by atoms with Crippen molar-refractivity contribution in [3.8, 4) is 23.0 Å². The van der Waals surface area contributed by atoms with Crippen LogP contribution in [0.1, 0.15) is 26.3 Å². The van der Waals surface area contributed by atoms with Crippen LogP contribution < -0.4 is 9.47 Å². The zero-order valence-corrected chi connectivity index (χ0v) is 19.1. The molecule has 0 heterocycles. The smallest absolute Gasteiger partial charge is 0.318 e. The van der Waals surface area contributed by atoms with E-state index in [1.54, 1.807) is 0 Å². The minimum Gasteiger partial charge on any atom is -0.450 e. The maximum Gasteiger partial charge on any atom is 0.318 e. The van der Waals surface area contributed by atoms with Gasteiger partial charge in [0.25, 0.3) is 11.4 Å². The predicted molar refractivity (Wildman–Crippen MR) is 125 cm³/mol. The molecule has 0 aliphatic heterocycles. The summed E-state index contributed by atoms with van der Waals surface area (Å²) < 4.78 is 11.4. The van der Waals surface area contributed by atoms with Crippen molar-refractivity contribution in [1.82, 2.24) is 0 Å². The molecule has 3 aromatic rings. The number of nitro groups is 4. The molecule has 0 atom stereocenters. The maximum absolute atomic E-state index is 11.5. The second-order valence-corrected chi connectivity index (χ2v) is 8.44. The minimum atomic E-state index is -0.807. The molecule has 0 radical (unpaired) electrons. The summed E-state index contributed by atoms with van der Waals surface area (Å²) in [6.07, 6.45) is 0. The van der Waals surface area contributed by atoms with E-state index in [0.717, 1.165) is 36.4 Å². The molecule has 0 aromatic heterocycles. The first-order chi connectivity index (χ1) is 16.8. The van der Waals surface area contributed by atoms with Crippen molar-refractivity contribution in [2.75, 3.05) is 0 Å². The van der Waals surface area contributed by atoms with E-state index in [0.29, 0.717) is 5.56 Å². The van der Waals surface area contributed by atoms with E-state index in [2.05, 4.69) is 0 Å². The first kappa shape index (κ1) is 25.5. The van der Waals surface area contributed by atoms with Crippen molar-refractivity contribution >= 4 is 22.7 Å². The second-order valence-electron chi connectivity index (χ2n) is 8.44. The van der Waals surface area contributed by atoms with Gasteiger partial charge in [-0.2, -0.15) is 0 Å². The summed E-state index contributed by atoms with van der Waals surface area (Å²) in [5.74, 6) is -0.131. The summed E-state index contributed by atoms with van der Waals surface area (Å²) in [6.45, 7) is 5.45. The molecule has 0 unspecified atom stereocenters. The van der Waals surface area contributed by atoms with Gasteiger partial charge in [0.1, 0.15) is 11.5 Å². The Morgan fingerprint density at radius 3 is 1.44 bits per heavy atom. The molecular weight excluding hydrogens is 480 g/mol. The maximum atomic E-state index is 11.5. The lowest BCUT2D eigenvalue weighted by Crippen LogP contribution is -2.13. The van der Waals surface area contributed by atoms with Gasteiger partial charge in [-0.05, 0) is 35.7 Å². The molecule has 3 aromatic carbocycles. The van der Waals surface area contributed by atoms with Crippen LogP contribution in [-0.4, -0.2) is 19.7 Å².